The minimum Gasteiger partial charge on any atom is -0.493 e. The van der Waals surface area contributed by atoms with E-state index in [1.54, 1.807) is 0 Å². The minimum absolute atomic E-state index is 0.378. The number of benzene rings is 1. The van der Waals surface area contributed by atoms with Crippen molar-refractivity contribution in [3.05, 3.63) is 48.5 Å². The first-order valence-corrected chi connectivity index (χ1v) is 6.76. The van der Waals surface area contributed by atoms with Crippen LogP contribution in [0.5, 0.6) is 5.75 Å². The molecule has 3 rings (SSSR count). The molecule has 0 amide bonds. The van der Waals surface area contributed by atoms with Gasteiger partial charge in [0.1, 0.15) is 5.75 Å². The summed E-state index contributed by atoms with van der Waals surface area (Å²) < 4.78 is 7.79. The van der Waals surface area contributed by atoms with Crippen molar-refractivity contribution in [3.63, 3.8) is 0 Å². The molecule has 2 unspecified atom stereocenters. The summed E-state index contributed by atoms with van der Waals surface area (Å²) in [5.41, 5.74) is 1.27. The summed E-state index contributed by atoms with van der Waals surface area (Å²) in [5.74, 6) is 1.01. The van der Waals surface area contributed by atoms with Crippen LogP contribution in [0.25, 0.3) is 0 Å². The van der Waals surface area contributed by atoms with E-state index in [4.69, 9.17) is 4.74 Å². The van der Waals surface area contributed by atoms with Gasteiger partial charge in [-0.2, -0.15) is 0 Å². The lowest BCUT2D eigenvalue weighted by Crippen LogP contribution is -2.36. The summed E-state index contributed by atoms with van der Waals surface area (Å²) in [5, 5.41) is 3.68. The molecular formula is C15H19N3O. The highest BCUT2D eigenvalue weighted by Crippen LogP contribution is 2.31. The molecule has 0 aliphatic carbocycles. The van der Waals surface area contributed by atoms with Crippen molar-refractivity contribution in [2.45, 2.75) is 32.0 Å². The van der Waals surface area contributed by atoms with E-state index in [2.05, 4.69) is 33.9 Å². The van der Waals surface area contributed by atoms with Crippen LogP contribution < -0.4 is 10.1 Å². The molecule has 0 saturated heterocycles. The van der Waals surface area contributed by atoms with Gasteiger partial charge in [0.25, 0.3) is 0 Å². The van der Waals surface area contributed by atoms with Crippen LogP contribution in [0.15, 0.2) is 43.0 Å². The van der Waals surface area contributed by atoms with Crippen molar-refractivity contribution < 1.29 is 4.74 Å². The van der Waals surface area contributed by atoms with Gasteiger partial charge >= 0.3 is 0 Å². The van der Waals surface area contributed by atoms with Gasteiger partial charge in [0.05, 0.1) is 12.9 Å². The molecule has 0 radical (unpaired) electrons. The van der Waals surface area contributed by atoms with Crippen molar-refractivity contribution in [2.75, 3.05) is 6.61 Å². The molecule has 19 heavy (non-hydrogen) atoms. The maximum atomic E-state index is 5.69. The first kappa shape index (κ1) is 12.2. The highest BCUT2D eigenvalue weighted by molar-refractivity contribution is 5.37. The second kappa shape index (κ2) is 5.45. The standard InChI is InChI=1S/C15H19N3O/c1-12(10-18-8-7-16-11-18)17-14-6-9-19-15-5-3-2-4-13(14)15/h2-5,7-8,11-12,14,17H,6,9-10H2,1H3. The molecule has 1 aliphatic heterocycles. The van der Waals surface area contributed by atoms with E-state index in [0.29, 0.717) is 12.1 Å². The molecule has 0 saturated carbocycles. The smallest absolute Gasteiger partial charge is 0.124 e. The van der Waals surface area contributed by atoms with E-state index >= 15 is 0 Å². The Kier molecular flexibility index (Phi) is 3.51. The third kappa shape index (κ3) is 2.79. The Labute approximate surface area is 113 Å². The lowest BCUT2D eigenvalue weighted by atomic mass is 10.00. The lowest BCUT2D eigenvalue weighted by Gasteiger charge is -2.29. The van der Waals surface area contributed by atoms with E-state index in [-0.39, 0.29) is 0 Å². The Balaban J connectivity index is 1.67. The number of hydrogen-bond donors (Lipinski definition) is 1. The van der Waals surface area contributed by atoms with Gasteiger partial charge in [-0.25, -0.2) is 4.98 Å². The minimum atomic E-state index is 0.378. The number of fused-ring (bicyclic) bond motifs is 1. The van der Waals surface area contributed by atoms with E-state index < -0.39 is 0 Å². The van der Waals surface area contributed by atoms with Gasteiger partial charge in [0, 0.05) is 43.0 Å². The van der Waals surface area contributed by atoms with E-state index in [1.165, 1.54) is 5.56 Å². The van der Waals surface area contributed by atoms with Crippen molar-refractivity contribution in [1.82, 2.24) is 14.9 Å². The number of para-hydroxylation sites is 1. The molecule has 1 aromatic carbocycles. The summed E-state index contributed by atoms with van der Waals surface area (Å²) in [4.78, 5) is 4.07. The molecule has 1 aromatic heterocycles. The Morgan fingerprint density at radius 3 is 3.21 bits per heavy atom. The van der Waals surface area contributed by atoms with Crippen LogP contribution in [0.4, 0.5) is 0 Å². The van der Waals surface area contributed by atoms with E-state index in [9.17, 15) is 0 Å². The van der Waals surface area contributed by atoms with Crippen LogP contribution in [-0.4, -0.2) is 22.2 Å². The zero-order valence-corrected chi connectivity index (χ0v) is 11.1. The molecule has 2 atom stereocenters. The normalized spacial score (nSPS) is 19.5. The molecule has 0 bridgehead atoms. The van der Waals surface area contributed by atoms with Gasteiger partial charge in [0.15, 0.2) is 0 Å². The Bertz CT molecular complexity index is 524. The molecule has 1 N–H and O–H groups in total. The monoisotopic (exact) mass is 257 g/mol. The third-order valence-electron chi connectivity index (χ3n) is 3.49. The summed E-state index contributed by atoms with van der Waals surface area (Å²) in [6, 6.07) is 9.06. The molecular weight excluding hydrogens is 238 g/mol. The highest BCUT2D eigenvalue weighted by Gasteiger charge is 2.22. The Morgan fingerprint density at radius 1 is 1.47 bits per heavy atom. The SMILES string of the molecule is CC(Cn1ccnc1)NC1CCOc2ccccc21. The number of imidazole rings is 1. The molecule has 4 heteroatoms. The topological polar surface area (TPSA) is 39.1 Å². The summed E-state index contributed by atoms with van der Waals surface area (Å²) >= 11 is 0. The second-order valence-electron chi connectivity index (χ2n) is 5.05. The molecule has 4 nitrogen and oxygen atoms in total. The number of nitrogens with one attached hydrogen (secondary N) is 1. The van der Waals surface area contributed by atoms with Crippen molar-refractivity contribution in [3.8, 4) is 5.75 Å². The molecule has 100 valence electrons. The van der Waals surface area contributed by atoms with Gasteiger partial charge in [0.2, 0.25) is 0 Å². The molecule has 2 heterocycles. The largest absolute Gasteiger partial charge is 0.493 e. The van der Waals surface area contributed by atoms with Crippen LogP contribution in [-0.2, 0) is 6.54 Å². The fourth-order valence-electron chi connectivity index (χ4n) is 2.62. The Hall–Kier alpha value is -1.81. The van der Waals surface area contributed by atoms with Gasteiger partial charge in [-0.3, -0.25) is 0 Å². The fraction of sp³-hybridized carbons (Fsp3) is 0.400. The van der Waals surface area contributed by atoms with Crippen LogP contribution in [0.3, 0.4) is 0 Å². The predicted molar refractivity (Wildman–Crippen MR) is 74.1 cm³/mol. The first-order valence-electron chi connectivity index (χ1n) is 6.76. The second-order valence-corrected chi connectivity index (χ2v) is 5.05. The average Bonchev–Trinajstić information content (AvgIpc) is 2.92. The number of aromatic nitrogens is 2. The van der Waals surface area contributed by atoms with E-state index in [1.807, 2.05) is 30.9 Å². The third-order valence-corrected chi connectivity index (χ3v) is 3.49. The van der Waals surface area contributed by atoms with Gasteiger partial charge in [-0.05, 0) is 13.0 Å². The van der Waals surface area contributed by atoms with Gasteiger partial charge in [-0.15, -0.1) is 0 Å². The van der Waals surface area contributed by atoms with Crippen molar-refractivity contribution in [1.29, 1.82) is 0 Å². The molecule has 1 aliphatic rings. The zero-order valence-electron chi connectivity index (χ0n) is 11.1. The number of rotatable bonds is 4. The van der Waals surface area contributed by atoms with Gasteiger partial charge < -0.3 is 14.6 Å². The molecule has 0 fully saturated rings. The Morgan fingerprint density at radius 2 is 2.37 bits per heavy atom. The number of nitrogens with zero attached hydrogens (tertiary/aromatic N) is 2. The van der Waals surface area contributed by atoms with E-state index in [0.717, 1.165) is 25.3 Å². The van der Waals surface area contributed by atoms with Crippen molar-refractivity contribution >= 4 is 0 Å². The van der Waals surface area contributed by atoms with Crippen LogP contribution in [0.2, 0.25) is 0 Å². The summed E-state index contributed by atoms with van der Waals surface area (Å²) in [6.45, 7) is 3.92. The quantitative estimate of drug-likeness (QED) is 0.914. The average molecular weight is 257 g/mol. The summed E-state index contributed by atoms with van der Waals surface area (Å²) in [7, 11) is 0. The highest BCUT2D eigenvalue weighted by atomic mass is 16.5. The fourth-order valence-corrected chi connectivity index (χ4v) is 2.62. The lowest BCUT2D eigenvalue weighted by molar-refractivity contribution is 0.242. The molecule has 2 aromatic rings. The zero-order chi connectivity index (χ0) is 13.1. The number of hydrogen-bond acceptors (Lipinski definition) is 3. The maximum absolute atomic E-state index is 5.69. The predicted octanol–water partition coefficient (Wildman–Crippen LogP) is 2.39. The van der Waals surface area contributed by atoms with Crippen molar-refractivity contribution in [2.24, 2.45) is 0 Å². The molecule has 0 spiro atoms. The van der Waals surface area contributed by atoms with Gasteiger partial charge in [-0.1, -0.05) is 18.2 Å². The number of ether oxygens (including phenoxy) is 1. The van der Waals surface area contributed by atoms with Crippen LogP contribution >= 0.6 is 0 Å². The summed E-state index contributed by atoms with van der Waals surface area (Å²) in [6.07, 6.45) is 6.69. The first-order chi connectivity index (χ1) is 9.33. The van der Waals surface area contributed by atoms with Crippen LogP contribution in [0.1, 0.15) is 24.9 Å². The maximum Gasteiger partial charge on any atom is 0.124 e. The van der Waals surface area contributed by atoms with Crippen LogP contribution in [0, 0.1) is 0 Å².